The monoisotopic (exact) mass is 378 g/mol. The number of nitrogens with zero attached hydrogens (tertiary/aromatic N) is 3. The van der Waals surface area contributed by atoms with Crippen molar-refractivity contribution in [3.05, 3.63) is 53.0 Å². The first-order valence-electron chi connectivity index (χ1n) is 9.83. The molecular weight excluding hydrogens is 352 g/mol. The molecule has 0 bridgehead atoms. The van der Waals surface area contributed by atoms with Crippen molar-refractivity contribution >= 4 is 11.6 Å². The van der Waals surface area contributed by atoms with Crippen LogP contribution in [-0.2, 0) is 16.0 Å². The summed E-state index contributed by atoms with van der Waals surface area (Å²) in [4.78, 5) is 17.3. The second kappa shape index (κ2) is 7.72. The molecule has 3 aromatic rings. The van der Waals surface area contributed by atoms with Crippen LogP contribution in [0.25, 0.3) is 16.8 Å². The number of hydrogen-bond donors (Lipinski definition) is 1. The SMILES string of the molecule is Cc1nc2c(-c3ccccc3)c(C)nn2c(C)c1CC(=O)NC[C@@H]1CCCO1. The van der Waals surface area contributed by atoms with E-state index in [1.165, 1.54) is 0 Å². The van der Waals surface area contributed by atoms with Gasteiger partial charge in [-0.05, 0) is 39.2 Å². The summed E-state index contributed by atoms with van der Waals surface area (Å²) in [6.45, 7) is 7.34. The number of fused-ring (bicyclic) bond motifs is 1. The highest BCUT2D eigenvalue weighted by atomic mass is 16.5. The maximum absolute atomic E-state index is 12.5. The van der Waals surface area contributed by atoms with Gasteiger partial charge in [0.05, 0.1) is 18.2 Å². The van der Waals surface area contributed by atoms with Crippen LogP contribution < -0.4 is 5.32 Å². The predicted octanol–water partition coefficient (Wildman–Crippen LogP) is 3.16. The Balaban J connectivity index is 1.62. The van der Waals surface area contributed by atoms with Crippen molar-refractivity contribution in [1.29, 1.82) is 0 Å². The quantitative estimate of drug-likeness (QED) is 0.740. The van der Waals surface area contributed by atoms with E-state index in [0.29, 0.717) is 13.0 Å². The van der Waals surface area contributed by atoms with Gasteiger partial charge in [-0.1, -0.05) is 30.3 Å². The van der Waals surface area contributed by atoms with Crippen LogP contribution in [0.5, 0.6) is 0 Å². The maximum atomic E-state index is 12.5. The fraction of sp³-hybridized carbons (Fsp3) is 0.409. The zero-order valence-electron chi connectivity index (χ0n) is 16.7. The molecule has 0 radical (unpaired) electrons. The van der Waals surface area contributed by atoms with Crippen molar-refractivity contribution in [2.24, 2.45) is 0 Å². The van der Waals surface area contributed by atoms with Gasteiger partial charge < -0.3 is 10.1 Å². The molecule has 6 nitrogen and oxygen atoms in total. The Labute approximate surface area is 164 Å². The lowest BCUT2D eigenvalue weighted by Crippen LogP contribution is -2.33. The molecule has 146 valence electrons. The molecule has 1 fully saturated rings. The second-order valence-corrected chi connectivity index (χ2v) is 7.44. The van der Waals surface area contributed by atoms with E-state index >= 15 is 0 Å². The van der Waals surface area contributed by atoms with Crippen LogP contribution in [0.15, 0.2) is 30.3 Å². The molecule has 1 aromatic carbocycles. The predicted molar refractivity (Wildman–Crippen MR) is 108 cm³/mol. The first-order valence-corrected chi connectivity index (χ1v) is 9.83. The van der Waals surface area contributed by atoms with Gasteiger partial charge in [-0.15, -0.1) is 0 Å². The molecule has 1 N–H and O–H groups in total. The van der Waals surface area contributed by atoms with Crippen LogP contribution in [0, 0.1) is 20.8 Å². The van der Waals surface area contributed by atoms with Gasteiger partial charge in [0, 0.05) is 35.7 Å². The minimum Gasteiger partial charge on any atom is -0.376 e. The normalized spacial score (nSPS) is 16.6. The standard InChI is InChI=1S/C22H26N4O2/c1-14-19(12-20(27)23-13-18-10-7-11-28-18)16(3)26-22(24-14)21(15(2)25-26)17-8-5-4-6-9-17/h4-6,8-9,18H,7,10-13H2,1-3H3,(H,23,27)/t18-/m0/s1. The minimum atomic E-state index is -0.00462. The van der Waals surface area contributed by atoms with E-state index in [1.54, 1.807) is 0 Å². The number of ether oxygens (including phenoxy) is 1. The summed E-state index contributed by atoms with van der Waals surface area (Å²) >= 11 is 0. The Kier molecular flexibility index (Phi) is 5.13. The van der Waals surface area contributed by atoms with Gasteiger partial charge in [0.1, 0.15) is 0 Å². The average molecular weight is 378 g/mol. The van der Waals surface area contributed by atoms with Gasteiger partial charge >= 0.3 is 0 Å². The Morgan fingerprint density at radius 3 is 2.71 bits per heavy atom. The Morgan fingerprint density at radius 1 is 1.21 bits per heavy atom. The van der Waals surface area contributed by atoms with E-state index in [2.05, 4.69) is 17.4 Å². The van der Waals surface area contributed by atoms with Crippen molar-refractivity contribution in [2.45, 2.75) is 46.1 Å². The number of benzene rings is 1. The van der Waals surface area contributed by atoms with Gasteiger partial charge in [0.15, 0.2) is 5.65 Å². The van der Waals surface area contributed by atoms with E-state index < -0.39 is 0 Å². The van der Waals surface area contributed by atoms with Crippen LogP contribution in [0.2, 0.25) is 0 Å². The zero-order valence-corrected chi connectivity index (χ0v) is 16.7. The average Bonchev–Trinajstić information content (AvgIpc) is 3.32. The molecule has 2 aromatic heterocycles. The third kappa shape index (κ3) is 3.52. The van der Waals surface area contributed by atoms with Gasteiger partial charge in [-0.3, -0.25) is 4.79 Å². The highest BCUT2D eigenvalue weighted by Crippen LogP contribution is 2.29. The summed E-state index contributed by atoms with van der Waals surface area (Å²) in [6.07, 6.45) is 2.53. The van der Waals surface area contributed by atoms with E-state index in [4.69, 9.17) is 14.8 Å². The number of rotatable bonds is 5. The Hall–Kier alpha value is -2.73. The molecule has 1 amide bonds. The number of carbonyl (C=O) groups excluding carboxylic acids is 1. The summed E-state index contributed by atoms with van der Waals surface area (Å²) in [5.74, 6) is -0.00462. The van der Waals surface area contributed by atoms with Crippen molar-refractivity contribution in [3.8, 4) is 11.1 Å². The molecule has 1 aliphatic rings. The number of nitrogens with one attached hydrogen (secondary N) is 1. The van der Waals surface area contributed by atoms with Crippen molar-refractivity contribution in [1.82, 2.24) is 19.9 Å². The number of aromatic nitrogens is 3. The number of carbonyl (C=O) groups is 1. The van der Waals surface area contributed by atoms with E-state index in [1.807, 2.05) is 43.5 Å². The first-order chi connectivity index (χ1) is 13.5. The van der Waals surface area contributed by atoms with Crippen LogP contribution in [0.4, 0.5) is 0 Å². The van der Waals surface area contributed by atoms with Crippen LogP contribution in [0.3, 0.4) is 0 Å². The molecule has 0 aliphatic carbocycles. The molecule has 3 heterocycles. The van der Waals surface area contributed by atoms with Gasteiger partial charge in [-0.25, -0.2) is 9.50 Å². The molecule has 6 heteroatoms. The number of amides is 1. The van der Waals surface area contributed by atoms with Crippen LogP contribution >= 0.6 is 0 Å². The third-order valence-electron chi connectivity index (χ3n) is 5.45. The zero-order chi connectivity index (χ0) is 19.7. The molecule has 0 saturated carbocycles. The molecule has 1 saturated heterocycles. The molecule has 1 aliphatic heterocycles. The third-order valence-corrected chi connectivity index (χ3v) is 5.45. The topological polar surface area (TPSA) is 68.5 Å². The molecule has 1 atom stereocenters. The van der Waals surface area contributed by atoms with E-state index in [0.717, 1.165) is 58.9 Å². The lowest BCUT2D eigenvalue weighted by atomic mass is 10.1. The fourth-order valence-corrected chi connectivity index (χ4v) is 3.92. The molecule has 0 unspecified atom stereocenters. The summed E-state index contributed by atoms with van der Waals surface area (Å²) in [6, 6.07) is 10.2. The van der Waals surface area contributed by atoms with E-state index in [9.17, 15) is 4.79 Å². The van der Waals surface area contributed by atoms with Crippen molar-refractivity contribution in [3.63, 3.8) is 0 Å². The van der Waals surface area contributed by atoms with Gasteiger partial charge in [-0.2, -0.15) is 5.10 Å². The van der Waals surface area contributed by atoms with Crippen LogP contribution in [-0.4, -0.2) is 39.8 Å². The highest BCUT2D eigenvalue weighted by molar-refractivity contribution is 5.82. The Bertz CT molecular complexity index is 1000. The molecule has 28 heavy (non-hydrogen) atoms. The highest BCUT2D eigenvalue weighted by Gasteiger charge is 2.20. The summed E-state index contributed by atoms with van der Waals surface area (Å²) in [5, 5.41) is 7.71. The molecule has 4 rings (SSSR count). The number of aryl methyl sites for hydroxylation is 3. The Morgan fingerprint density at radius 2 is 2.00 bits per heavy atom. The van der Waals surface area contributed by atoms with Gasteiger partial charge in [0.25, 0.3) is 0 Å². The lowest BCUT2D eigenvalue weighted by molar-refractivity contribution is -0.121. The summed E-state index contributed by atoms with van der Waals surface area (Å²) in [5.41, 5.74) is 6.67. The largest absolute Gasteiger partial charge is 0.376 e. The second-order valence-electron chi connectivity index (χ2n) is 7.44. The van der Waals surface area contributed by atoms with Crippen molar-refractivity contribution < 1.29 is 9.53 Å². The van der Waals surface area contributed by atoms with Crippen molar-refractivity contribution in [2.75, 3.05) is 13.2 Å². The van der Waals surface area contributed by atoms with E-state index in [-0.39, 0.29) is 12.0 Å². The summed E-state index contributed by atoms with van der Waals surface area (Å²) in [7, 11) is 0. The molecular formula is C22H26N4O2. The lowest BCUT2D eigenvalue weighted by Gasteiger charge is -2.13. The minimum absolute atomic E-state index is 0.00462. The first kappa shape index (κ1) is 18.6. The number of hydrogen-bond acceptors (Lipinski definition) is 4. The molecule has 0 spiro atoms. The van der Waals surface area contributed by atoms with Crippen LogP contribution in [0.1, 0.15) is 35.5 Å². The summed E-state index contributed by atoms with van der Waals surface area (Å²) < 4.78 is 7.44. The van der Waals surface area contributed by atoms with Gasteiger partial charge in [0.2, 0.25) is 5.91 Å². The maximum Gasteiger partial charge on any atom is 0.224 e. The fourth-order valence-electron chi connectivity index (χ4n) is 3.92. The smallest absolute Gasteiger partial charge is 0.224 e.